The van der Waals surface area contributed by atoms with E-state index in [0.29, 0.717) is 11.8 Å². The molecule has 0 aliphatic rings. The molecule has 0 saturated carbocycles. The molecule has 3 N–H and O–H groups in total. The van der Waals surface area contributed by atoms with Gasteiger partial charge in [-0.25, -0.2) is 13.2 Å². The molecule has 0 aromatic heterocycles. The number of carbonyl (C=O) groups excluding carboxylic acids is 1. The average molecular weight is 294 g/mol. The van der Waals surface area contributed by atoms with E-state index in [4.69, 9.17) is 5.73 Å². The van der Waals surface area contributed by atoms with Gasteiger partial charge in [-0.2, -0.15) is 0 Å². The highest BCUT2D eigenvalue weighted by Crippen LogP contribution is 2.18. The van der Waals surface area contributed by atoms with Crippen LogP contribution in [-0.4, -0.2) is 5.91 Å². The van der Waals surface area contributed by atoms with Crippen LogP contribution in [0.25, 0.3) is 0 Å². The second-order valence-corrected chi connectivity index (χ2v) is 4.59. The monoisotopic (exact) mass is 294 g/mol. The number of carbonyl (C=O) groups is 1. The van der Waals surface area contributed by atoms with Gasteiger partial charge in [-0.05, 0) is 36.8 Å². The van der Waals surface area contributed by atoms with Gasteiger partial charge in [0.05, 0.1) is 5.56 Å². The summed E-state index contributed by atoms with van der Waals surface area (Å²) in [5.74, 6) is -5.39. The SMILES string of the molecule is CC(N)c1ccc(NC(=O)c2ccc(F)c(F)c2F)cc1. The van der Waals surface area contributed by atoms with Crippen molar-refractivity contribution in [1.29, 1.82) is 0 Å². The molecule has 3 nitrogen and oxygen atoms in total. The molecule has 1 amide bonds. The molecule has 0 fully saturated rings. The maximum absolute atomic E-state index is 13.5. The molecule has 2 aromatic carbocycles. The molecular weight excluding hydrogens is 281 g/mol. The van der Waals surface area contributed by atoms with Crippen molar-refractivity contribution in [3.8, 4) is 0 Å². The summed E-state index contributed by atoms with van der Waals surface area (Å²) in [5, 5.41) is 2.40. The van der Waals surface area contributed by atoms with Crippen molar-refractivity contribution in [3.63, 3.8) is 0 Å². The van der Waals surface area contributed by atoms with Crippen molar-refractivity contribution in [1.82, 2.24) is 0 Å². The van der Waals surface area contributed by atoms with E-state index in [1.165, 1.54) is 0 Å². The number of nitrogens with one attached hydrogen (secondary N) is 1. The third-order valence-corrected chi connectivity index (χ3v) is 2.97. The zero-order valence-corrected chi connectivity index (χ0v) is 11.2. The Labute approximate surface area is 119 Å². The van der Waals surface area contributed by atoms with E-state index in [0.717, 1.165) is 11.6 Å². The van der Waals surface area contributed by atoms with Crippen LogP contribution in [0.4, 0.5) is 18.9 Å². The van der Waals surface area contributed by atoms with Gasteiger partial charge in [0.1, 0.15) is 0 Å². The number of halogens is 3. The summed E-state index contributed by atoms with van der Waals surface area (Å²) in [4.78, 5) is 11.9. The van der Waals surface area contributed by atoms with Gasteiger partial charge in [0.25, 0.3) is 5.91 Å². The highest BCUT2D eigenvalue weighted by Gasteiger charge is 2.18. The predicted octanol–water partition coefficient (Wildman–Crippen LogP) is 3.38. The standard InChI is InChI=1S/C15H13F3N2O/c1-8(19)9-2-4-10(5-3-9)20-15(21)11-6-7-12(16)14(18)13(11)17/h2-8H,19H2,1H3,(H,20,21). The Hall–Kier alpha value is -2.34. The lowest BCUT2D eigenvalue weighted by Crippen LogP contribution is -2.15. The van der Waals surface area contributed by atoms with Crippen molar-refractivity contribution in [2.24, 2.45) is 5.73 Å². The maximum atomic E-state index is 13.5. The Morgan fingerprint density at radius 1 is 1.05 bits per heavy atom. The lowest BCUT2D eigenvalue weighted by molar-refractivity contribution is 0.102. The van der Waals surface area contributed by atoms with Crippen LogP contribution in [0.15, 0.2) is 36.4 Å². The van der Waals surface area contributed by atoms with Crippen LogP contribution in [0, 0.1) is 17.5 Å². The van der Waals surface area contributed by atoms with Gasteiger partial charge in [-0.15, -0.1) is 0 Å². The lowest BCUT2D eigenvalue weighted by Gasteiger charge is -2.09. The third kappa shape index (κ3) is 3.22. The second-order valence-electron chi connectivity index (χ2n) is 4.59. The Morgan fingerprint density at radius 2 is 1.67 bits per heavy atom. The minimum atomic E-state index is -1.67. The van der Waals surface area contributed by atoms with Crippen molar-refractivity contribution < 1.29 is 18.0 Å². The molecule has 1 atom stereocenters. The first-order valence-corrected chi connectivity index (χ1v) is 6.20. The van der Waals surface area contributed by atoms with Crippen LogP contribution in [0.2, 0.25) is 0 Å². The van der Waals surface area contributed by atoms with Gasteiger partial charge in [0.15, 0.2) is 17.5 Å². The summed E-state index contributed by atoms with van der Waals surface area (Å²) in [6, 6.07) is 8.04. The van der Waals surface area contributed by atoms with Crippen molar-refractivity contribution in [3.05, 3.63) is 65.0 Å². The number of amides is 1. The molecule has 0 radical (unpaired) electrons. The molecule has 2 aromatic rings. The number of hydrogen-bond donors (Lipinski definition) is 2. The molecular formula is C15H13F3N2O. The fraction of sp³-hybridized carbons (Fsp3) is 0.133. The lowest BCUT2D eigenvalue weighted by atomic mass is 10.1. The van der Waals surface area contributed by atoms with Gasteiger partial charge >= 0.3 is 0 Å². The third-order valence-electron chi connectivity index (χ3n) is 2.97. The van der Waals surface area contributed by atoms with Gasteiger partial charge in [-0.3, -0.25) is 4.79 Å². The molecule has 0 aliphatic heterocycles. The smallest absolute Gasteiger partial charge is 0.258 e. The van der Waals surface area contributed by atoms with E-state index in [-0.39, 0.29) is 6.04 Å². The van der Waals surface area contributed by atoms with Crippen LogP contribution in [0.5, 0.6) is 0 Å². The van der Waals surface area contributed by atoms with Crippen molar-refractivity contribution in [2.45, 2.75) is 13.0 Å². The Kier molecular flexibility index (Phi) is 4.28. The molecule has 6 heteroatoms. The minimum absolute atomic E-state index is 0.154. The number of nitrogens with two attached hydrogens (primary N) is 1. The minimum Gasteiger partial charge on any atom is -0.324 e. The van der Waals surface area contributed by atoms with E-state index in [9.17, 15) is 18.0 Å². The largest absolute Gasteiger partial charge is 0.324 e. The zero-order valence-electron chi connectivity index (χ0n) is 11.2. The predicted molar refractivity (Wildman–Crippen MR) is 73.3 cm³/mol. The number of benzene rings is 2. The quantitative estimate of drug-likeness (QED) is 0.853. The van der Waals surface area contributed by atoms with E-state index in [1.807, 2.05) is 6.92 Å². The van der Waals surface area contributed by atoms with Gasteiger partial charge < -0.3 is 11.1 Å². The van der Waals surface area contributed by atoms with Gasteiger partial charge in [0, 0.05) is 11.7 Å². The molecule has 110 valence electrons. The van der Waals surface area contributed by atoms with Crippen LogP contribution in [-0.2, 0) is 0 Å². The summed E-state index contributed by atoms with van der Waals surface area (Å²) < 4.78 is 39.4. The molecule has 2 rings (SSSR count). The fourth-order valence-electron chi connectivity index (χ4n) is 1.77. The van der Waals surface area contributed by atoms with Gasteiger partial charge in [0.2, 0.25) is 0 Å². The summed E-state index contributed by atoms with van der Waals surface area (Å²) >= 11 is 0. The normalized spacial score (nSPS) is 12.0. The first-order chi connectivity index (χ1) is 9.90. The summed E-state index contributed by atoms with van der Waals surface area (Å²) in [5.41, 5.74) is 6.39. The Balaban J connectivity index is 2.20. The Bertz CT molecular complexity index is 669. The highest BCUT2D eigenvalue weighted by atomic mass is 19.2. The van der Waals surface area contributed by atoms with Crippen molar-refractivity contribution >= 4 is 11.6 Å². The molecule has 0 saturated heterocycles. The summed E-state index contributed by atoms with van der Waals surface area (Å²) in [6.45, 7) is 1.81. The molecule has 21 heavy (non-hydrogen) atoms. The summed E-state index contributed by atoms with van der Waals surface area (Å²) in [7, 11) is 0. The van der Waals surface area contributed by atoms with Crippen LogP contribution in [0.3, 0.4) is 0 Å². The maximum Gasteiger partial charge on any atom is 0.258 e. The number of hydrogen-bond acceptors (Lipinski definition) is 2. The first-order valence-electron chi connectivity index (χ1n) is 6.20. The van der Waals surface area contributed by atoms with Crippen LogP contribution in [0.1, 0.15) is 28.9 Å². The molecule has 0 aliphatic carbocycles. The molecule has 1 unspecified atom stereocenters. The van der Waals surface area contributed by atoms with Crippen LogP contribution >= 0.6 is 0 Å². The van der Waals surface area contributed by atoms with Gasteiger partial charge in [-0.1, -0.05) is 12.1 Å². The van der Waals surface area contributed by atoms with E-state index >= 15 is 0 Å². The highest BCUT2D eigenvalue weighted by molar-refractivity contribution is 6.04. The topological polar surface area (TPSA) is 55.1 Å². The number of anilines is 1. The molecule has 0 spiro atoms. The zero-order chi connectivity index (χ0) is 15.6. The fourth-order valence-corrected chi connectivity index (χ4v) is 1.77. The average Bonchev–Trinajstić information content (AvgIpc) is 2.45. The molecule has 0 bridgehead atoms. The first kappa shape index (κ1) is 15.1. The number of rotatable bonds is 3. The van der Waals surface area contributed by atoms with E-state index in [1.54, 1.807) is 24.3 Å². The van der Waals surface area contributed by atoms with E-state index in [2.05, 4.69) is 5.32 Å². The summed E-state index contributed by atoms with van der Waals surface area (Å²) in [6.07, 6.45) is 0. The Morgan fingerprint density at radius 3 is 2.24 bits per heavy atom. The van der Waals surface area contributed by atoms with E-state index < -0.39 is 28.9 Å². The van der Waals surface area contributed by atoms with Crippen LogP contribution < -0.4 is 11.1 Å². The van der Waals surface area contributed by atoms with Crippen molar-refractivity contribution in [2.75, 3.05) is 5.32 Å². The second kappa shape index (κ2) is 5.97. The molecule has 0 heterocycles.